The second-order valence-corrected chi connectivity index (χ2v) is 4.78. The van der Waals surface area contributed by atoms with Crippen LogP contribution in [0.5, 0.6) is 0 Å². The van der Waals surface area contributed by atoms with Crippen LogP contribution >= 0.6 is 0 Å². The van der Waals surface area contributed by atoms with E-state index in [2.05, 4.69) is 9.97 Å². The molecule has 0 atom stereocenters. The second kappa shape index (κ2) is 5.75. The number of nitrogens with two attached hydrogens (primary N) is 1. The molecule has 0 aliphatic carbocycles. The Balaban J connectivity index is 1.82. The van der Waals surface area contributed by atoms with E-state index in [9.17, 15) is 4.39 Å². The van der Waals surface area contributed by atoms with Crippen LogP contribution in [-0.2, 0) is 13.0 Å². The van der Waals surface area contributed by atoms with E-state index in [4.69, 9.17) is 5.73 Å². The highest BCUT2D eigenvalue weighted by Gasteiger charge is 2.07. The standard InChI is InChI=1S/C16H15FN4/c17-14-4-2-1-3-12(14)6-8-21-11-19-10-15(21)13-5-7-20-16(18)9-13/h1-5,7,9-11H,6,8H2,(H2,18,20). The molecule has 0 fully saturated rings. The Labute approximate surface area is 122 Å². The number of imidazole rings is 1. The number of aromatic nitrogens is 3. The fraction of sp³-hybridized carbons (Fsp3) is 0.125. The van der Waals surface area contributed by atoms with Crippen molar-refractivity contribution < 1.29 is 4.39 Å². The summed E-state index contributed by atoms with van der Waals surface area (Å²) in [6, 6.07) is 10.5. The molecule has 0 saturated heterocycles. The molecule has 0 aliphatic rings. The van der Waals surface area contributed by atoms with E-state index in [1.54, 1.807) is 36.9 Å². The number of rotatable bonds is 4. The lowest BCUT2D eigenvalue weighted by atomic mass is 10.1. The van der Waals surface area contributed by atoms with Gasteiger partial charge in [-0.05, 0) is 30.2 Å². The van der Waals surface area contributed by atoms with Gasteiger partial charge in [-0.15, -0.1) is 0 Å². The van der Waals surface area contributed by atoms with Crippen LogP contribution in [0.1, 0.15) is 5.56 Å². The SMILES string of the molecule is Nc1cc(-c2cncn2CCc2ccccc2F)ccn1. The third kappa shape index (κ3) is 2.91. The zero-order valence-electron chi connectivity index (χ0n) is 11.4. The molecule has 2 heterocycles. The lowest BCUT2D eigenvalue weighted by Crippen LogP contribution is -2.03. The van der Waals surface area contributed by atoms with Crippen LogP contribution in [0.2, 0.25) is 0 Å². The Kier molecular flexibility index (Phi) is 3.64. The van der Waals surface area contributed by atoms with Gasteiger partial charge < -0.3 is 10.3 Å². The first-order valence-corrected chi connectivity index (χ1v) is 6.69. The molecule has 0 spiro atoms. The number of nitrogens with zero attached hydrogens (tertiary/aromatic N) is 3. The summed E-state index contributed by atoms with van der Waals surface area (Å²) in [5, 5.41) is 0. The van der Waals surface area contributed by atoms with E-state index < -0.39 is 0 Å². The minimum Gasteiger partial charge on any atom is -0.384 e. The van der Waals surface area contributed by atoms with E-state index in [0.717, 1.165) is 11.3 Å². The van der Waals surface area contributed by atoms with Gasteiger partial charge in [0.25, 0.3) is 0 Å². The summed E-state index contributed by atoms with van der Waals surface area (Å²) in [5.74, 6) is 0.293. The van der Waals surface area contributed by atoms with Gasteiger partial charge in [-0.3, -0.25) is 0 Å². The molecule has 3 aromatic rings. The quantitative estimate of drug-likeness (QED) is 0.800. The number of nitrogen functional groups attached to an aromatic ring is 1. The summed E-state index contributed by atoms with van der Waals surface area (Å²) in [7, 11) is 0. The van der Waals surface area contributed by atoms with Gasteiger partial charge in [-0.1, -0.05) is 18.2 Å². The molecule has 106 valence electrons. The molecule has 2 aromatic heterocycles. The predicted octanol–water partition coefficient (Wildman–Crippen LogP) is 2.91. The van der Waals surface area contributed by atoms with Gasteiger partial charge in [0.1, 0.15) is 11.6 Å². The van der Waals surface area contributed by atoms with Crippen molar-refractivity contribution in [2.45, 2.75) is 13.0 Å². The van der Waals surface area contributed by atoms with E-state index in [1.165, 1.54) is 6.07 Å². The number of hydrogen-bond acceptors (Lipinski definition) is 3. The average Bonchev–Trinajstić information content (AvgIpc) is 2.95. The summed E-state index contributed by atoms with van der Waals surface area (Å²) < 4.78 is 15.6. The largest absolute Gasteiger partial charge is 0.384 e. The Hall–Kier alpha value is -2.69. The summed E-state index contributed by atoms with van der Waals surface area (Å²) in [5.41, 5.74) is 8.31. The van der Waals surface area contributed by atoms with Crippen molar-refractivity contribution in [3.05, 3.63) is 66.5 Å². The topological polar surface area (TPSA) is 56.7 Å². The Morgan fingerprint density at radius 2 is 2.05 bits per heavy atom. The number of benzene rings is 1. The minimum absolute atomic E-state index is 0.174. The minimum atomic E-state index is -0.174. The smallest absolute Gasteiger partial charge is 0.126 e. The highest BCUT2D eigenvalue weighted by Crippen LogP contribution is 2.20. The van der Waals surface area contributed by atoms with Gasteiger partial charge in [0.05, 0.1) is 18.2 Å². The normalized spacial score (nSPS) is 10.7. The van der Waals surface area contributed by atoms with Gasteiger partial charge in [-0.25, -0.2) is 14.4 Å². The molecule has 0 saturated carbocycles. The molecule has 2 N–H and O–H groups in total. The molecule has 0 bridgehead atoms. The summed E-state index contributed by atoms with van der Waals surface area (Å²) in [6.07, 6.45) is 5.79. The van der Waals surface area contributed by atoms with Crippen LogP contribution in [0.4, 0.5) is 10.2 Å². The van der Waals surface area contributed by atoms with E-state index in [0.29, 0.717) is 24.3 Å². The second-order valence-electron chi connectivity index (χ2n) is 4.78. The molecule has 4 nitrogen and oxygen atoms in total. The highest BCUT2D eigenvalue weighted by atomic mass is 19.1. The molecular formula is C16H15FN4. The highest BCUT2D eigenvalue weighted by molar-refractivity contribution is 5.61. The molecule has 0 radical (unpaired) electrons. The summed E-state index contributed by atoms with van der Waals surface area (Å²) >= 11 is 0. The molecule has 0 unspecified atom stereocenters. The van der Waals surface area contributed by atoms with Crippen LogP contribution in [0.15, 0.2) is 55.1 Å². The molecule has 0 aliphatic heterocycles. The van der Waals surface area contributed by atoms with Crippen molar-refractivity contribution in [3.63, 3.8) is 0 Å². The van der Waals surface area contributed by atoms with E-state index in [-0.39, 0.29) is 5.82 Å². The van der Waals surface area contributed by atoms with E-state index in [1.807, 2.05) is 16.7 Å². The third-order valence-electron chi connectivity index (χ3n) is 3.37. The molecule has 0 amide bonds. The maximum Gasteiger partial charge on any atom is 0.126 e. The number of anilines is 1. The predicted molar refractivity (Wildman–Crippen MR) is 80.0 cm³/mol. The van der Waals surface area contributed by atoms with Crippen LogP contribution in [0.3, 0.4) is 0 Å². The van der Waals surface area contributed by atoms with Crippen LogP contribution in [0, 0.1) is 5.82 Å². The Bertz CT molecular complexity index is 751. The van der Waals surface area contributed by atoms with Crippen molar-refractivity contribution in [3.8, 4) is 11.3 Å². The first-order valence-electron chi connectivity index (χ1n) is 6.69. The van der Waals surface area contributed by atoms with Crippen molar-refractivity contribution in [2.24, 2.45) is 0 Å². The first-order chi connectivity index (χ1) is 10.2. The van der Waals surface area contributed by atoms with Crippen LogP contribution in [0.25, 0.3) is 11.3 Å². The number of aryl methyl sites for hydroxylation is 2. The third-order valence-corrected chi connectivity index (χ3v) is 3.37. The van der Waals surface area contributed by atoms with Crippen molar-refractivity contribution in [1.82, 2.24) is 14.5 Å². The lowest BCUT2D eigenvalue weighted by Gasteiger charge is -2.09. The van der Waals surface area contributed by atoms with E-state index >= 15 is 0 Å². The molecule has 3 rings (SSSR count). The lowest BCUT2D eigenvalue weighted by molar-refractivity contribution is 0.594. The maximum absolute atomic E-state index is 13.6. The first kappa shape index (κ1) is 13.3. The number of hydrogen-bond donors (Lipinski definition) is 1. The van der Waals surface area contributed by atoms with Gasteiger partial charge in [0, 0.05) is 18.3 Å². The zero-order chi connectivity index (χ0) is 14.7. The van der Waals surface area contributed by atoms with Crippen molar-refractivity contribution in [1.29, 1.82) is 0 Å². The fourth-order valence-corrected chi connectivity index (χ4v) is 2.29. The van der Waals surface area contributed by atoms with Crippen LogP contribution in [-0.4, -0.2) is 14.5 Å². The molecule has 5 heteroatoms. The van der Waals surface area contributed by atoms with Crippen LogP contribution < -0.4 is 5.73 Å². The van der Waals surface area contributed by atoms with Gasteiger partial charge in [-0.2, -0.15) is 0 Å². The molecule has 1 aromatic carbocycles. The molecule has 21 heavy (non-hydrogen) atoms. The Morgan fingerprint density at radius 3 is 2.86 bits per heavy atom. The monoisotopic (exact) mass is 282 g/mol. The summed E-state index contributed by atoms with van der Waals surface area (Å²) in [4.78, 5) is 8.15. The van der Waals surface area contributed by atoms with Gasteiger partial charge in [0.2, 0.25) is 0 Å². The number of pyridine rings is 1. The number of halogens is 1. The van der Waals surface area contributed by atoms with Gasteiger partial charge in [0.15, 0.2) is 0 Å². The van der Waals surface area contributed by atoms with Crippen molar-refractivity contribution >= 4 is 5.82 Å². The summed E-state index contributed by atoms with van der Waals surface area (Å²) in [6.45, 7) is 0.651. The molecular weight excluding hydrogens is 267 g/mol. The Morgan fingerprint density at radius 1 is 1.19 bits per heavy atom. The fourth-order valence-electron chi connectivity index (χ4n) is 2.29. The van der Waals surface area contributed by atoms with Crippen molar-refractivity contribution in [2.75, 3.05) is 5.73 Å². The zero-order valence-corrected chi connectivity index (χ0v) is 11.4. The average molecular weight is 282 g/mol. The maximum atomic E-state index is 13.6. The van der Waals surface area contributed by atoms with Gasteiger partial charge >= 0.3 is 0 Å².